The fraction of sp³-hybridized carbons (Fsp3) is 0.556. The smallest absolute Gasteiger partial charge is 0.327 e. The lowest BCUT2D eigenvalue weighted by molar-refractivity contribution is -0.146. The summed E-state index contributed by atoms with van der Waals surface area (Å²) in [6.07, 6.45) is 1.98. The van der Waals surface area contributed by atoms with Crippen LogP contribution in [0.4, 0.5) is 0 Å². The minimum Gasteiger partial charge on any atom is -0.465 e. The van der Waals surface area contributed by atoms with E-state index in [1.807, 2.05) is 24.3 Å². The van der Waals surface area contributed by atoms with E-state index in [9.17, 15) is 13.2 Å². The van der Waals surface area contributed by atoms with Crippen molar-refractivity contribution >= 4 is 21.5 Å². The first-order chi connectivity index (χ1) is 11.7. The van der Waals surface area contributed by atoms with Gasteiger partial charge in [0, 0.05) is 19.1 Å². The Balaban J connectivity index is 2.12. The van der Waals surface area contributed by atoms with Crippen LogP contribution in [0.5, 0.6) is 0 Å². The van der Waals surface area contributed by atoms with Gasteiger partial charge in [-0.3, -0.25) is 4.79 Å². The SMILES string of the molecule is CCOC(=O)C(C)(CC1CC(c2ccc(CC)cc2)=NO1)S(C)(=O)=O. The number of esters is 1. The first kappa shape index (κ1) is 19.4. The predicted octanol–water partition coefficient (Wildman–Crippen LogP) is 2.50. The second-order valence-corrected chi connectivity index (χ2v) is 8.89. The van der Waals surface area contributed by atoms with Crippen molar-refractivity contribution in [3.8, 4) is 0 Å². The minimum absolute atomic E-state index is 0.00467. The van der Waals surface area contributed by atoms with Crippen molar-refractivity contribution in [2.24, 2.45) is 5.16 Å². The van der Waals surface area contributed by atoms with Crippen molar-refractivity contribution in [3.05, 3.63) is 35.4 Å². The van der Waals surface area contributed by atoms with Crippen LogP contribution in [0.15, 0.2) is 29.4 Å². The lowest BCUT2D eigenvalue weighted by Crippen LogP contribution is -2.47. The molecule has 1 heterocycles. The average molecular weight is 367 g/mol. The number of sulfone groups is 1. The highest BCUT2D eigenvalue weighted by molar-refractivity contribution is 7.92. The van der Waals surface area contributed by atoms with E-state index < -0.39 is 26.7 Å². The Morgan fingerprint density at radius 2 is 1.96 bits per heavy atom. The number of hydrogen-bond acceptors (Lipinski definition) is 6. The zero-order valence-electron chi connectivity index (χ0n) is 15.1. The van der Waals surface area contributed by atoms with Crippen LogP contribution < -0.4 is 0 Å². The van der Waals surface area contributed by atoms with Crippen LogP contribution in [0.25, 0.3) is 0 Å². The summed E-state index contributed by atoms with van der Waals surface area (Å²) in [7, 11) is -3.67. The molecule has 2 atom stereocenters. The number of oxime groups is 1. The summed E-state index contributed by atoms with van der Waals surface area (Å²) in [5.41, 5.74) is 2.93. The number of aryl methyl sites for hydroxylation is 1. The maximum absolute atomic E-state index is 12.2. The number of benzene rings is 1. The van der Waals surface area contributed by atoms with Crippen LogP contribution in [0.3, 0.4) is 0 Å². The number of carbonyl (C=O) groups excluding carboxylic acids is 1. The molecule has 0 spiro atoms. The van der Waals surface area contributed by atoms with Gasteiger partial charge in [0.15, 0.2) is 14.6 Å². The van der Waals surface area contributed by atoms with Crippen molar-refractivity contribution in [1.29, 1.82) is 0 Å². The van der Waals surface area contributed by atoms with Crippen LogP contribution >= 0.6 is 0 Å². The summed E-state index contributed by atoms with van der Waals surface area (Å²) >= 11 is 0. The van der Waals surface area contributed by atoms with Crippen molar-refractivity contribution in [2.75, 3.05) is 12.9 Å². The summed E-state index contributed by atoms with van der Waals surface area (Å²) in [4.78, 5) is 17.6. The average Bonchev–Trinajstić information content (AvgIpc) is 3.02. The third kappa shape index (κ3) is 4.21. The Morgan fingerprint density at radius 1 is 1.32 bits per heavy atom. The van der Waals surface area contributed by atoms with Crippen LogP contribution in [-0.2, 0) is 30.6 Å². The molecule has 2 rings (SSSR count). The minimum atomic E-state index is -3.67. The van der Waals surface area contributed by atoms with Gasteiger partial charge in [-0.2, -0.15) is 0 Å². The molecule has 0 saturated carbocycles. The zero-order valence-corrected chi connectivity index (χ0v) is 15.9. The van der Waals surface area contributed by atoms with Crippen molar-refractivity contribution in [3.63, 3.8) is 0 Å². The maximum atomic E-state index is 12.2. The van der Waals surface area contributed by atoms with E-state index in [4.69, 9.17) is 9.57 Å². The number of hydrogen-bond donors (Lipinski definition) is 0. The molecular formula is C18H25NO5S. The predicted molar refractivity (Wildman–Crippen MR) is 96.3 cm³/mol. The first-order valence-corrected chi connectivity index (χ1v) is 10.3. The van der Waals surface area contributed by atoms with Gasteiger partial charge in [0.05, 0.1) is 12.3 Å². The monoisotopic (exact) mass is 367 g/mol. The molecule has 1 aliphatic heterocycles. The van der Waals surface area contributed by atoms with Gasteiger partial charge in [-0.05, 0) is 31.4 Å². The van der Waals surface area contributed by atoms with Gasteiger partial charge in [0.25, 0.3) is 0 Å². The van der Waals surface area contributed by atoms with E-state index >= 15 is 0 Å². The third-order valence-corrected chi connectivity index (χ3v) is 6.54. The molecule has 0 N–H and O–H groups in total. The lowest BCUT2D eigenvalue weighted by Gasteiger charge is -2.27. The van der Waals surface area contributed by atoms with Crippen LogP contribution in [0, 0.1) is 0 Å². The fourth-order valence-electron chi connectivity index (χ4n) is 2.75. The largest absolute Gasteiger partial charge is 0.465 e. The number of nitrogens with zero attached hydrogens (tertiary/aromatic N) is 1. The topological polar surface area (TPSA) is 82.0 Å². The summed E-state index contributed by atoms with van der Waals surface area (Å²) in [6, 6.07) is 8.02. The molecule has 0 bridgehead atoms. The Kier molecular flexibility index (Phi) is 5.87. The molecular weight excluding hydrogens is 342 g/mol. The van der Waals surface area contributed by atoms with Crippen LogP contribution in [0.1, 0.15) is 44.7 Å². The van der Waals surface area contributed by atoms with Gasteiger partial charge in [-0.1, -0.05) is 36.3 Å². The molecule has 25 heavy (non-hydrogen) atoms. The van der Waals surface area contributed by atoms with Crippen molar-refractivity contribution < 1.29 is 22.8 Å². The Morgan fingerprint density at radius 3 is 2.48 bits per heavy atom. The number of rotatable bonds is 7. The standard InChI is InChI=1S/C18H25NO5S/c1-5-13-7-9-14(10-8-13)16-11-15(24-19-16)12-18(3,25(4,21)22)17(20)23-6-2/h7-10,15H,5-6,11-12H2,1-4H3. The summed E-state index contributed by atoms with van der Waals surface area (Å²) in [5, 5.41) is 4.08. The molecule has 0 fully saturated rings. The molecule has 1 aliphatic rings. The quantitative estimate of drug-likeness (QED) is 0.692. The number of carbonyl (C=O) groups is 1. The van der Waals surface area contributed by atoms with Gasteiger partial charge >= 0.3 is 5.97 Å². The van der Waals surface area contributed by atoms with E-state index in [0.717, 1.165) is 24.0 Å². The van der Waals surface area contributed by atoms with Crippen molar-refractivity contribution in [1.82, 2.24) is 0 Å². The zero-order chi connectivity index (χ0) is 18.7. The highest BCUT2D eigenvalue weighted by Gasteiger charge is 2.48. The molecule has 1 aromatic rings. The first-order valence-electron chi connectivity index (χ1n) is 8.40. The van der Waals surface area contributed by atoms with Gasteiger partial charge in [0.2, 0.25) is 0 Å². The molecule has 1 aromatic carbocycles. The second kappa shape index (κ2) is 7.56. The molecule has 138 valence electrons. The molecule has 0 aliphatic carbocycles. The molecule has 6 nitrogen and oxygen atoms in total. The third-order valence-electron chi connectivity index (χ3n) is 4.57. The summed E-state index contributed by atoms with van der Waals surface area (Å²) in [5.74, 6) is -0.748. The van der Waals surface area contributed by atoms with Crippen LogP contribution in [0.2, 0.25) is 0 Å². The summed E-state index contributed by atoms with van der Waals surface area (Å²) < 4.78 is 27.7. The second-order valence-electron chi connectivity index (χ2n) is 6.45. The van der Waals surface area contributed by atoms with E-state index in [2.05, 4.69) is 12.1 Å². The van der Waals surface area contributed by atoms with E-state index in [0.29, 0.717) is 6.42 Å². The molecule has 7 heteroatoms. The highest BCUT2D eigenvalue weighted by atomic mass is 32.2. The molecule has 0 aromatic heterocycles. The molecule has 0 radical (unpaired) electrons. The van der Waals surface area contributed by atoms with E-state index in [-0.39, 0.29) is 13.0 Å². The van der Waals surface area contributed by atoms with E-state index in [1.54, 1.807) is 6.92 Å². The Labute approximate surface area is 149 Å². The molecule has 2 unspecified atom stereocenters. The van der Waals surface area contributed by atoms with Crippen molar-refractivity contribution in [2.45, 2.75) is 50.9 Å². The summed E-state index contributed by atoms with van der Waals surface area (Å²) in [6.45, 7) is 5.25. The van der Waals surface area contributed by atoms with E-state index in [1.165, 1.54) is 12.5 Å². The van der Waals surface area contributed by atoms with Gasteiger partial charge in [-0.15, -0.1) is 0 Å². The van der Waals surface area contributed by atoms with Crippen LogP contribution in [-0.4, -0.2) is 43.8 Å². The Hall–Kier alpha value is -1.89. The van der Waals surface area contributed by atoms with Gasteiger partial charge in [0.1, 0.15) is 6.10 Å². The van der Waals surface area contributed by atoms with Gasteiger partial charge < -0.3 is 9.57 Å². The normalized spacial score (nSPS) is 19.7. The highest BCUT2D eigenvalue weighted by Crippen LogP contribution is 2.30. The van der Waals surface area contributed by atoms with Gasteiger partial charge in [-0.25, -0.2) is 8.42 Å². The molecule has 0 saturated heterocycles. The Bertz CT molecular complexity index is 754. The number of ether oxygens (including phenoxy) is 1. The fourth-order valence-corrected chi connectivity index (χ4v) is 3.60. The lowest BCUT2D eigenvalue weighted by atomic mass is 9.96. The molecule has 0 amide bonds. The maximum Gasteiger partial charge on any atom is 0.327 e.